The van der Waals surface area contributed by atoms with E-state index in [0.29, 0.717) is 30.7 Å². The Morgan fingerprint density at radius 2 is 1.97 bits per heavy atom. The third-order valence-electron chi connectivity index (χ3n) is 5.19. The van der Waals surface area contributed by atoms with Gasteiger partial charge >= 0.3 is 12.1 Å². The minimum atomic E-state index is -4.84. The maximum atomic E-state index is 13.9. The highest BCUT2D eigenvalue weighted by atomic mass is 28.3. The third-order valence-corrected chi connectivity index (χ3v) is 6.90. The lowest BCUT2D eigenvalue weighted by atomic mass is 10.2. The van der Waals surface area contributed by atoms with Crippen LogP contribution in [0.15, 0.2) is 11.0 Å². The molecule has 1 fully saturated rings. The molecule has 1 aliphatic heterocycles. The highest BCUT2D eigenvalue weighted by Gasteiger charge is 2.41. The van der Waals surface area contributed by atoms with Crippen molar-refractivity contribution in [2.45, 2.75) is 63.9 Å². The minimum absolute atomic E-state index is 0.0618. The van der Waals surface area contributed by atoms with Crippen LogP contribution >= 0.6 is 0 Å². The Bertz CT molecular complexity index is 826. The van der Waals surface area contributed by atoms with E-state index in [9.17, 15) is 22.8 Å². The van der Waals surface area contributed by atoms with E-state index in [1.165, 1.54) is 12.0 Å². The molecule has 182 valence electrons. The molecule has 32 heavy (non-hydrogen) atoms. The summed E-state index contributed by atoms with van der Waals surface area (Å²) in [6.07, 6.45) is -2.43. The molecule has 0 aliphatic carbocycles. The van der Waals surface area contributed by atoms with Crippen molar-refractivity contribution in [3.05, 3.63) is 22.1 Å². The summed E-state index contributed by atoms with van der Waals surface area (Å²) in [6.45, 7) is 7.10. The molecule has 0 radical (unpaired) electrons. The van der Waals surface area contributed by atoms with E-state index in [-0.39, 0.29) is 38.1 Å². The standard InChI is InChI=1S/C20H32F3N3O5Si/c1-29-17(27)7-9-30-13-15-6-5-8-25(15)16-12-24-26(14-31-10-11-32(2,3)4)19(28)18(16)20(21,22)23/h12,15H,5-11,13-14H2,1-4H3/t15-/m0/s1. The number of aromatic nitrogens is 2. The van der Waals surface area contributed by atoms with Crippen molar-refractivity contribution < 1.29 is 32.2 Å². The van der Waals surface area contributed by atoms with E-state index in [1.54, 1.807) is 0 Å². The van der Waals surface area contributed by atoms with Gasteiger partial charge in [-0.25, -0.2) is 4.68 Å². The van der Waals surface area contributed by atoms with Gasteiger partial charge in [0.15, 0.2) is 0 Å². The summed E-state index contributed by atoms with van der Waals surface area (Å²) in [5, 5.41) is 3.94. The Kier molecular flexibility index (Phi) is 9.28. The van der Waals surface area contributed by atoms with Gasteiger partial charge in [0.2, 0.25) is 0 Å². The predicted molar refractivity (Wildman–Crippen MR) is 115 cm³/mol. The second-order valence-electron chi connectivity index (χ2n) is 8.95. The second-order valence-corrected chi connectivity index (χ2v) is 14.6. The van der Waals surface area contributed by atoms with Crippen molar-refractivity contribution in [3.63, 3.8) is 0 Å². The number of esters is 1. The molecule has 8 nitrogen and oxygen atoms in total. The fourth-order valence-corrected chi connectivity index (χ4v) is 4.15. The summed E-state index contributed by atoms with van der Waals surface area (Å²) in [4.78, 5) is 25.3. The molecule has 0 unspecified atom stereocenters. The van der Waals surface area contributed by atoms with Crippen molar-refractivity contribution in [2.24, 2.45) is 0 Å². The van der Waals surface area contributed by atoms with Gasteiger partial charge in [0, 0.05) is 21.2 Å². The van der Waals surface area contributed by atoms with E-state index >= 15 is 0 Å². The maximum absolute atomic E-state index is 13.9. The van der Waals surface area contributed by atoms with Gasteiger partial charge in [0.1, 0.15) is 12.3 Å². The van der Waals surface area contributed by atoms with Crippen LogP contribution in [0.25, 0.3) is 0 Å². The highest BCUT2D eigenvalue weighted by molar-refractivity contribution is 6.76. The average Bonchev–Trinajstić information content (AvgIpc) is 3.15. The zero-order valence-electron chi connectivity index (χ0n) is 19.0. The largest absolute Gasteiger partial charge is 0.469 e. The number of nitrogens with zero attached hydrogens (tertiary/aromatic N) is 3. The van der Waals surface area contributed by atoms with Crippen molar-refractivity contribution >= 4 is 19.7 Å². The van der Waals surface area contributed by atoms with Gasteiger partial charge in [-0.1, -0.05) is 19.6 Å². The van der Waals surface area contributed by atoms with Crippen molar-refractivity contribution in [3.8, 4) is 0 Å². The molecule has 2 rings (SSSR count). The molecule has 0 amide bonds. The smallest absolute Gasteiger partial charge is 0.423 e. The summed E-state index contributed by atoms with van der Waals surface area (Å²) in [5.74, 6) is -0.424. The zero-order chi connectivity index (χ0) is 23.9. The van der Waals surface area contributed by atoms with E-state index in [1.807, 2.05) is 0 Å². The van der Waals surface area contributed by atoms with E-state index < -0.39 is 31.3 Å². The number of methoxy groups -OCH3 is 1. The Labute approximate surface area is 186 Å². The molecule has 1 atom stereocenters. The summed E-state index contributed by atoms with van der Waals surface area (Å²) in [7, 11) is -0.0938. The molecule has 0 bridgehead atoms. The number of carbonyl (C=O) groups is 1. The number of anilines is 1. The van der Waals surface area contributed by atoms with Crippen LogP contribution in [0.4, 0.5) is 18.9 Å². The van der Waals surface area contributed by atoms with E-state index in [2.05, 4.69) is 29.5 Å². The molecule has 0 N–H and O–H groups in total. The third kappa shape index (κ3) is 7.59. The molecule has 0 aromatic carbocycles. The van der Waals surface area contributed by atoms with Gasteiger partial charge < -0.3 is 19.1 Å². The molecule has 1 aliphatic rings. The summed E-state index contributed by atoms with van der Waals surface area (Å²) in [6, 6.07) is 0.482. The topological polar surface area (TPSA) is 82.9 Å². The van der Waals surface area contributed by atoms with E-state index in [4.69, 9.17) is 9.47 Å². The fourth-order valence-electron chi connectivity index (χ4n) is 3.39. The maximum Gasteiger partial charge on any atom is 0.423 e. The molecule has 0 saturated carbocycles. The van der Waals surface area contributed by atoms with Crippen molar-refractivity contribution in [1.29, 1.82) is 0 Å². The predicted octanol–water partition coefficient (Wildman–Crippen LogP) is 3.12. The average molecular weight is 480 g/mol. The minimum Gasteiger partial charge on any atom is -0.469 e. The summed E-state index contributed by atoms with van der Waals surface area (Å²) in [5.41, 5.74) is -2.72. The van der Waals surface area contributed by atoms with Crippen LogP contribution in [0.2, 0.25) is 25.7 Å². The Balaban J connectivity index is 2.15. The van der Waals surface area contributed by atoms with Gasteiger partial charge in [-0.3, -0.25) is 9.59 Å². The van der Waals surface area contributed by atoms with Gasteiger partial charge in [-0.05, 0) is 18.9 Å². The Morgan fingerprint density at radius 1 is 1.25 bits per heavy atom. The molecule has 1 aromatic rings. The lowest BCUT2D eigenvalue weighted by Crippen LogP contribution is -2.39. The molecule has 12 heteroatoms. The normalized spacial score (nSPS) is 17.1. The second kappa shape index (κ2) is 11.3. The first kappa shape index (κ1) is 26.3. The van der Waals surface area contributed by atoms with Gasteiger partial charge in [-0.2, -0.15) is 18.3 Å². The molecule has 0 spiro atoms. The summed E-state index contributed by atoms with van der Waals surface area (Å²) >= 11 is 0. The first-order valence-electron chi connectivity index (χ1n) is 10.6. The molecular formula is C20H32F3N3O5Si. The molecule has 1 aromatic heterocycles. The highest BCUT2D eigenvalue weighted by Crippen LogP contribution is 2.36. The molecular weight excluding hydrogens is 447 g/mol. The quantitative estimate of drug-likeness (QED) is 0.274. The first-order valence-corrected chi connectivity index (χ1v) is 14.3. The Morgan fingerprint density at radius 3 is 2.59 bits per heavy atom. The van der Waals surface area contributed by atoms with Crippen LogP contribution in [0.1, 0.15) is 24.8 Å². The monoisotopic (exact) mass is 479 g/mol. The van der Waals surface area contributed by atoms with Crippen LogP contribution < -0.4 is 10.5 Å². The molecule has 1 saturated heterocycles. The van der Waals surface area contributed by atoms with Crippen LogP contribution in [0.3, 0.4) is 0 Å². The lowest BCUT2D eigenvalue weighted by molar-refractivity contribution is -0.142. The van der Waals surface area contributed by atoms with Crippen LogP contribution in [-0.2, 0) is 31.9 Å². The number of ether oxygens (including phenoxy) is 3. The number of carbonyl (C=O) groups excluding carboxylic acids is 1. The van der Waals surface area contributed by atoms with E-state index in [0.717, 1.165) is 12.2 Å². The number of alkyl halides is 3. The number of halogens is 3. The zero-order valence-corrected chi connectivity index (χ0v) is 20.0. The van der Waals surface area contributed by atoms with Crippen molar-refractivity contribution in [1.82, 2.24) is 9.78 Å². The van der Waals surface area contributed by atoms with Gasteiger partial charge in [-0.15, -0.1) is 0 Å². The lowest BCUT2D eigenvalue weighted by Gasteiger charge is -2.28. The van der Waals surface area contributed by atoms with Crippen molar-refractivity contribution in [2.75, 3.05) is 38.4 Å². The van der Waals surface area contributed by atoms with Crippen LogP contribution in [-0.4, -0.2) is 63.3 Å². The van der Waals surface area contributed by atoms with Crippen LogP contribution in [0.5, 0.6) is 0 Å². The van der Waals surface area contributed by atoms with Crippen LogP contribution in [0, 0.1) is 0 Å². The van der Waals surface area contributed by atoms with Gasteiger partial charge in [0.25, 0.3) is 5.56 Å². The first-order chi connectivity index (χ1) is 14.9. The SMILES string of the molecule is COC(=O)CCOC[C@@H]1CCCN1c1cnn(COCC[Si](C)(C)C)c(=O)c1C(F)(F)F. The number of hydrogen-bond acceptors (Lipinski definition) is 7. The Hall–Kier alpha value is -1.92. The van der Waals surface area contributed by atoms with Gasteiger partial charge in [0.05, 0.1) is 44.7 Å². The molecule has 2 heterocycles. The fraction of sp³-hybridized carbons (Fsp3) is 0.750. The summed E-state index contributed by atoms with van der Waals surface area (Å²) < 4.78 is 57.7. The number of rotatable bonds is 11. The number of hydrogen-bond donors (Lipinski definition) is 0.